The Morgan fingerprint density at radius 3 is 2.25 bits per heavy atom. The van der Waals surface area contributed by atoms with Crippen molar-refractivity contribution in [2.45, 2.75) is 39.8 Å². The SMILES string of the molecule is Cc1cc(N(CC(=O)N(Cc2ccccc2F)[C@H](Cc2ccccc2)C(=O)NCC(C)C)S(C)(=O)=O)ccc1Br. The van der Waals surface area contributed by atoms with Gasteiger partial charge in [0.2, 0.25) is 21.8 Å². The summed E-state index contributed by atoms with van der Waals surface area (Å²) in [5, 5.41) is 2.90. The van der Waals surface area contributed by atoms with Gasteiger partial charge in [0.15, 0.2) is 0 Å². The van der Waals surface area contributed by atoms with Gasteiger partial charge in [0.05, 0.1) is 11.9 Å². The van der Waals surface area contributed by atoms with E-state index in [0.717, 1.165) is 26.2 Å². The molecule has 0 heterocycles. The van der Waals surface area contributed by atoms with Gasteiger partial charge in [-0.05, 0) is 48.2 Å². The maximum Gasteiger partial charge on any atom is 0.244 e. The summed E-state index contributed by atoms with van der Waals surface area (Å²) in [5.41, 5.74) is 2.13. The summed E-state index contributed by atoms with van der Waals surface area (Å²) in [5.74, 6) is -1.38. The van der Waals surface area contributed by atoms with Crippen LogP contribution >= 0.6 is 15.9 Å². The Morgan fingerprint density at radius 1 is 1.00 bits per heavy atom. The molecule has 2 amide bonds. The topological polar surface area (TPSA) is 86.8 Å². The molecule has 0 aliphatic heterocycles. The minimum Gasteiger partial charge on any atom is -0.354 e. The molecule has 3 aromatic rings. The number of aryl methyl sites for hydroxylation is 1. The van der Waals surface area contributed by atoms with Gasteiger partial charge in [0.25, 0.3) is 0 Å². The molecule has 0 radical (unpaired) electrons. The summed E-state index contributed by atoms with van der Waals surface area (Å²) >= 11 is 3.42. The molecule has 0 saturated carbocycles. The van der Waals surface area contributed by atoms with Crippen molar-refractivity contribution in [3.8, 4) is 0 Å². The first-order valence-corrected chi connectivity index (χ1v) is 15.6. The van der Waals surface area contributed by atoms with Gasteiger partial charge >= 0.3 is 0 Å². The van der Waals surface area contributed by atoms with Gasteiger partial charge in [-0.1, -0.05) is 78.3 Å². The van der Waals surface area contributed by atoms with Crippen LogP contribution in [-0.4, -0.2) is 50.5 Å². The van der Waals surface area contributed by atoms with Crippen molar-refractivity contribution >= 4 is 43.5 Å². The van der Waals surface area contributed by atoms with Crippen molar-refractivity contribution in [2.75, 3.05) is 23.7 Å². The summed E-state index contributed by atoms with van der Waals surface area (Å²) in [4.78, 5) is 28.9. The Morgan fingerprint density at radius 2 is 1.65 bits per heavy atom. The highest BCUT2D eigenvalue weighted by Gasteiger charge is 2.33. The highest BCUT2D eigenvalue weighted by molar-refractivity contribution is 9.10. The molecule has 0 bridgehead atoms. The van der Waals surface area contributed by atoms with E-state index in [4.69, 9.17) is 0 Å². The summed E-state index contributed by atoms with van der Waals surface area (Å²) in [6.07, 6.45) is 1.19. The predicted octanol–water partition coefficient (Wildman–Crippen LogP) is 5.07. The van der Waals surface area contributed by atoms with E-state index in [1.165, 1.54) is 11.0 Å². The van der Waals surface area contributed by atoms with E-state index in [-0.39, 0.29) is 24.4 Å². The van der Waals surface area contributed by atoms with Crippen molar-refractivity contribution < 1.29 is 22.4 Å². The zero-order chi connectivity index (χ0) is 29.4. The molecule has 10 heteroatoms. The smallest absolute Gasteiger partial charge is 0.244 e. The first-order valence-electron chi connectivity index (χ1n) is 12.9. The van der Waals surface area contributed by atoms with Gasteiger partial charge in [0, 0.05) is 29.5 Å². The van der Waals surface area contributed by atoms with Crippen LogP contribution in [0.2, 0.25) is 0 Å². The summed E-state index contributed by atoms with van der Waals surface area (Å²) in [7, 11) is -3.89. The van der Waals surface area contributed by atoms with Crippen molar-refractivity contribution in [2.24, 2.45) is 5.92 Å². The van der Waals surface area contributed by atoms with Crippen LogP contribution in [0.5, 0.6) is 0 Å². The number of rotatable bonds is 12. The molecule has 1 atom stereocenters. The normalized spacial score (nSPS) is 12.2. The second-order valence-electron chi connectivity index (χ2n) is 10.2. The van der Waals surface area contributed by atoms with Crippen LogP contribution in [0.1, 0.15) is 30.5 Å². The number of halogens is 2. The fraction of sp³-hybridized carbons (Fsp3) is 0.333. The molecule has 7 nitrogen and oxygen atoms in total. The lowest BCUT2D eigenvalue weighted by atomic mass is 10.0. The number of hydrogen-bond donors (Lipinski definition) is 1. The lowest BCUT2D eigenvalue weighted by molar-refractivity contribution is -0.140. The molecule has 0 saturated heterocycles. The monoisotopic (exact) mass is 631 g/mol. The van der Waals surface area contributed by atoms with Gasteiger partial charge in [0.1, 0.15) is 18.4 Å². The molecule has 0 unspecified atom stereocenters. The van der Waals surface area contributed by atoms with Crippen LogP contribution in [0, 0.1) is 18.7 Å². The van der Waals surface area contributed by atoms with Gasteiger partial charge < -0.3 is 10.2 Å². The van der Waals surface area contributed by atoms with Gasteiger partial charge in [-0.3, -0.25) is 13.9 Å². The Balaban J connectivity index is 2.07. The Kier molecular flexibility index (Phi) is 10.9. The number of benzene rings is 3. The number of nitrogens with zero attached hydrogens (tertiary/aromatic N) is 2. The Labute approximate surface area is 244 Å². The van der Waals surface area contributed by atoms with Crippen LogP contribution in [0.15, 0.2) is 77.3 Å². The van der Waals surface area contributed by atoms with Gasteiger partial charge in [-0.25, -0.2) is 12.8 Å². The third kappa shape index (κ3) is 8.63. The minimum atomic E-state index is -3.89. The van der Waals surface area contributed by atoms with Gasteiger partial charge in [-0.2, -0.15) is 0 Å². The molecule has 40 heavy (non-hydrogen) atoms. The lowest BCUT2D eigenvalue weighted by Gasteiger charge is -2.33. The molecule has 0 aliphatic carbocycles. The van der Waals surface area contributed by atoms with E-state index in [0.29, 0.717) is 12.2 Å². The molecule has 1 N–H and O–H groups in total. The van der Waals surface area contributed by atoms with E-state index in [1.54, 1.807) is 36.4 Å². The molecular weight excluding hydrogens is 597 g/mol. The van der Waals surface area contributed by atoms with Crippen molar-refractivity contribution in [3.05, 3.63) is 99.8 Å². The average Bonchev–Trinajstić information content (AvgIpc) is 2.90. The lowest BCUT2D eigenvalue weighted by Crippen LogP contribution is -2.53. The number of nitrogens with one attached hydrogen (secondary N) is 1. The first-order chi connectivity index (χ1) is 18.9. The molecule has 0 aromatic heterocycles. The van der Waals surface area contributed by atoms with Crippen molar-refractivity contribution in [3.63, 3.8) is 0 Å². The zero-order valence-electron chi connectivity index (χ0n) is 23.1. The maximum absolute atomic E-state index is 14.8. The second kappa shape index (κ2) is 13.9. The van der Waals surface area contributed by atoms with Crippen molar-refractivity contribution in [1.29, 1.82) is 0 Å². The zero-order valence-corrected chi connectivity index (χ0v) is 25.5. The van der Waals surface area contributed by atoms with Crippen LogP contribution in [0.25, 0.3) is 0 Å². The van der Waals surface area contributed by atoms with Crippen LogP contribution < -0.4 is 9.62 Å². The van der Waals surface area contributed by atoms with Gasteiger partial charge in [-0.15, -0.1) is 0 Å². The third-order valence-electron chi connectivity index (χ3n) is 6.36. The minimum absolute atomic E-state index is 0.165. The van der Waals surface area contributed by atoms with E-state index in [9.17, 15) is 22.4 Å². The van der Waals surface area contributed by atoms with Crippen molar-refractivity contribution in [1.82, 2.24) is 10.2 Å². The summed E-state index contributed by atoms with van der Waals surface area (Å²) < 4.78 is 42.4. The Bertz CT molecular complexity index is 1430. The molecule has 0 aliphatic rings. The highest BCUT2D eigenvalue weighted by Crippen LogP contribution is 2.25. The number of carbonyl (C=O) groups is 2. The largest absolute Gasteiger partial charge is 0.354 e. The number of sulfonamides is 1. The second-order valence-corrected chi connectivity index (χ2v) is 12.9. The number of anilines is 1. The number of hydrogen-bond acceptors (Lipinski definition) is 4. The van der Waals surface area contributed by atoms with Crippen LogP contribution in [0.3, 0.4) is 0 Å². The van der Waals surface area contributed by atoms with Crippen LogP contribution in [-0.2, 0) is 32.6 Å². The molecular formula is C30H35BrFN3O4S. The third-order valence-corrected chi connectivity index (χ3v) is 8.39. The van der Waals surface area contributed by atoms with E-state index >= 15 is 0 Å². The predicted molar refractivity (Wildman–Crippen MR) is 160 cm³/mol. The first kappa shape index (κ1) is 31.3. The quantitative estimate of drug-likeness (QED) is 0.302. The fourth-order valence-electron chi connectivity index (χ4n) is 4.18. The highest BCUT2D eigenvalue weighted by atomic mass is 79.9. The number of amides is 2. The average molecular weight is 633 g/mol. The van der Waals surface area contributed by atoms with Crippen LogP contribution in [0.4, 0.5) is 10.1 Å². The summed E-state index contributed by atoms with van der Waals surface area (Å²) in [6.45, 7) is 5.35. The molecule has 214 valence electrons. The van der Waals surface area contributed by atoms with E-state index < -0.39 is 40.2 Å². The standard InChI is InChI=1S/C30H35BrFN3O4S/c1-21(2)18-33-30(37)28(17-23-10-6-5-7-11-23)34(19-24-12-8-9-13-27(24)32)29(36)20-35(40(4,38)39)25-14-15-26(31)22(3)16-25/h5-16,21,28H,17-20H2,1-4H3,(H,33,37)/t28-/m1/s1. The van der Waals surface area contributed by atoms with E-state index in [2.05, 4.69) is 21.2 Å². The molecule has 3 aromatic carbocycles. The fourth-order valence-corrected chi connectivity index (χ4v) is 5.27. The summed E-state index contributed by atoms with van der Waals surface area (Å²) in [6, 6.07) is 19.2. The maximum atomic E-state index is 14.8. The Hall–Kier alpha value is -3.24. The molecule has 0 fully saturated rings. The van der Waals surface area contributed by atoms with E-state index in [1.807, 2.05) is 51.1 Å². The number of carbonyl (C=O) groups excluding carboxylic acids is 2. The molecule has 3 rings (SSSR count). The molecule has 0 spiro atoms.